The van der Waals surface area contributed by atoms with Gasteiger partial charge in [0.05, 0.1) is 21.7 Å². The minimum absolute atomic E-state index is 0.0211. The number of aromatic nitrogens is 1. The molecule has 0 saturated carbocycles. The highest BCUT2D eigenvalue weighted by molar-refractivity contribution is 6.38. The number of nitrogens with zero attached hydrogens (tertiary/aromatic N) is 1. The predicted octanol–water partition coefficient (Wildman–Crippen LogP) is 8.11. The lowest BCUT2D eigenvalue weighted by atomic mass is 10.2. The molecule has 0 fully saturated rings. The fourth-order valence-corrected chi connectivity index (χ4v) is 4.06. The molecular weight excluding hydrogens is 522 g/mol. The molecule has 0 aliphatic heterocycles. The summed E-state index contributed by atoms with van der Waals surface area (Å²) in [7, 11) is 0. The lowest BCUT2D eigenvalue weighted by molar-refractivity contribution is -0.274. The Morgan fingerprint density at radius 3 is 2.17 bits per heavy atom. The Kier molecular flexibility index (Phi) is 6.97. The Hall–Kier alpha value is -3.56. The molecule has 0 aliphatic carbocycles. The third kappa shape index (κ3) is 5.47. The molecule has 36 heavy (non-hydrogen) atoms. The van der Waals surface area contributed by atoms with Crippen molar-refractivity contribution in [3.8, 4) is 28.7 Å². The minimum Gasteiger partial charge on any atom is -0.491 e. The number of hydrogen-bond acceptors (Lipinski definition) is 4. The van der Waals surface area contributed by atoms with Crippen LogP contribution in [0.1, 0.15) is 24.3 Å². The van der Waals surface area contributed by atoms with Gasteiger partial charge in [0.25, 0.3) is 0 Å². The number of alkyl halides is 3. The molecule has 1 N–H and O–H groups in total. The van der Waals surface area contributed by atoms with E-state index in [1.807, 2.05) is 13.8 Å². The molecule has 0 spiro atoms. The maximum Gasteiger partial charge on any atom is 0.573 e. The van der Waals surface area contributed by atoms with Crippen LogP contribution < -0.4 is 14.2 Å². The van der Waals surface area contributed by atoms with E-state index in [4.69, 9.17) is 32.7 Å². The van der Waals surface area contributed by atoms with Gasteiger partial charge in [-0.1, -0.05) is 23.2 Å². The molecule has 188 valence electrons. The Balaban J connectivity index is 1.73. The number of fused-ring (bicyclic) bond motifs is 1. The van der Waals surface area contributed by atoms with Gasteiger partial charge in [0, 0.05) is 17.1 Å². The van der Waals surface area contributed by atoms with Crippen LogP contribution in [-0.4, -0.2) is 28.1 Å². The molecule has 0 atom stereocenters. The fourth-order valence-electron chi connectivity index (χ4n) is 3.59. The Morgan fingerprint density at radius 1 is 0.944 bits per heavy atom. The van der Waals surface area contributed by atoms with Crippen LogP contribution >= 0.6 is 23.2 Å². The second kappa shape index (κ2) is 9.83. The van der Waals surface area contributed by atoms with Crippen molar-refractivity contribution in [3.05, 3.63) is 76.4 Å². The number of carboxylic acid groups (broad SMARTS) is 1. The molecule has 1 heterocycles. The Morgan fingerprint density at radius 2 is 1.56 bits per heavy atom. The first-order valence-electron chi connectivity index (χ1n) is 10.5. The van der Waals surface area contributed by atoms with E-state index in [0.717, 1.165) is 6.07 Å². The molecule has 6 nitrogen and oxygen atoms in total. The van der Waals surface area contributed by atoms with E-state index in [-0.39, 0.29) is 33.3 Å². The maximum atomic E-state index is 12.6. The standard InChI is InChI=1S/C25H18Cl2F3NO5/c1-13(2)34-15-5-3-14(4-6-15)31-20-10-8-16(11-18(20)22(27)23(31)24(32)33)35-17-7-9-19(26)21(12-17)36-25(28,29)30/h3-13H,1-2H3,(H,32,33). The van der Waals surface area contributed by atoms with Crippen LogP contribution in [0, 0.1) is 0 Å². The van der Waals surface area contributed by atoms with Crippen molar-refractivity contribution in [1.29, 1.82) is 0 Å². The van der Waals surface area contributed by atoms with Gasteiger partial charge in [-0.2, -0.15) is 0 Å². The van der Waals surface area contributed by atoms with Crippen LogP contribution in [0.5, 0.6) is 23.0 Å². The van der Waals surface area contributed by atoms with Crippen molar-refractivity contribution >= 4 is 40.1 Å². The topological polar surface area (TPSA) is 69.9 Å². The molecule has 4 rings (SSSR count). The second-order valence-corrected chi connectivity index (χ2v) is 8.67. The summed E-state index contributed by atoms with van der Waals surface area (Å²) in [5.41, 5.74) is 0.869. The molecule has 1 aromatic heterocycles. The van der Waals surface area contributed by atoms with Gasteiger partial charge in [-0.15, -0.1) is 13.2 Å². The van der Waals surface area contributed by atoms with Crippen molar-refractivity contribution in [3.63, 3.8) is 0 Å². The summed E-state index contributed by atoms with van der Waals surface area (Å²) < 4.78 is 54.6. The van der Waals surface area contributed by atoms with Crippen LogP contribution in [0.15, 0.2) is 60.7 Å². The highest BCUT2D eigenvalue weighted by atomic mass is 35.5. The highest BCUT2D eigenvalue weighted by Crippen LogP contribution is 2.39. The van der Waals surface area contributed by atoms with Crippen LogP contribution in [0.4, 0.5) is 13.2 Å². The van der Waals surface area contributed by atoms with E-state index >= 15 is 0 Å². The van der Waals surface area contributed by atoms with Gasteiger partial charge in [0.1, 0.15) is 17.2 Å². The molecule has 0 aliphatic rings. The number of hydrogen-bond donors (Lipinski definition) is 1. The second-order valence-electron chi connectivity index (χ2n) is 7.88. The van der Waals surface area contributed by atoms with Crippen LogP contribution in [0.25, 0.3) is 16.6 Å². The fraction of sp³-hybridized carbons (Fsp3) is 0.160. The highest BCUT2D eigenvalue weighted by Gasteiger charge is 2.32. The van der Waals surface area contributed by atoms with Gasteiger partial charge in [-0.05, 0) is 68.4 Å². The molecule has 0 bridgehead atoms. The number of halogens is 5. The number of aromatic carboxylic acids is 1. The third-order valence-electron chi connectivity index (χ3n) is 4.91. The van der Waals surface area contributed by atoms with E-state index in [1.165, 1.54) is 28.8 Å². The zero-order valence-corrected chi connectivity index (χ0v) is 20.3. The first kappa shape index (κ1) is 25.5. The number of carbonyl (C=O) groups is 1. The summed E-state index contributed by atoms with van der Waals surface area (Å²) >= 11 is 12.2. The van der Waals surface area contributed by atoms with Gasteiger partial charge in [-0.3, -0.25) is 0 Å². The minimum atomic E-state index is -4.93. The summed E-state index contributed by atoms with van der Waals surface area (Å²) in [4.78, 5) is 12.1. The summed E-state index contributed by atoms with van der Waals surface area (Å²) in [6.07, 6.45) is -4.95. The number of rotatable bonds is 7. The Bertz CT molecular complexity index is 1430. The summed E-state index contributed by atoms with van der Waals surface area (Å²) in [5, 5.41) is 9.96. The first-order chi connectivity index (χ1) is 16.9. The molecule has 11 heteroatoms. The smallest absolute Gasteiger partial charge is 0.491 e. The summed E-state index contributed by atoms with van der Waals surface area (Å²) in [5.74, 6) is -1.01. The first-order valence-corrected chi connectivity index (χ1v) is 11.3. The van der Waals surface area contributed by atoms with Crippen LogP contribution in [0.3, 0.4) is 0 Å². The molecule has 3 aromatic carbocycles. The van der Waals surface area contributed by atoms with Gasteiger partial charge in [0.2, 0.25) is 0 Å². The lowest BCUT2D eigenvalue weighted by Gasteiger charge is -2.13. The zero-order chi connectivity index (χ0) is 26.2. The zero-order valence-electron chi connectivity index (χ0n) is 18.8. The van der Waals surface area contributed by atoms with E-state index in [9.17, 15) is 23.1 Å². The molecule has 0 amide bonds. The molecule has 0 unspecified atom stereocenters. The number of carboxylic acids is 1. The average Bonchev–Trinajstić information content (AvgIpc) is 3.07. The van der Waals surface area contributed by atoms with Gasteiger partial charge >= 0.3 is 12.3 Å². The van der Waals surface area contributed by atoms with E-state index in [0.29, 0.717) is 22.3 Å². The van der Waals surface area contributed by atoms with Crippen LogP contribution in [0.2, 0.25) is 10.0 Å². The van der Waals surface area contributed by atoms with E-state index in [2.05, 4.69) is 4.74 Å². The van der Waals surface area contributed by atoms with Gasteiger partial charge in [-0.25, -0.2) is 4.79 Å². The van der Waals surface area contributed by atoms with Gasteiger partial charge in [0.15, 0.2) is 11.4 Å². The largest absolute Gasteiger partial charge is 0.573 e. The Labute approximate surface area is 213 Å². The van der Waals surface area contributed by atoms with E-state index < -0.39 is 18.1 Å². The summed E-state index contributed by atoms with van der Waals surface area (Å²) in [6, 6.07) is 15.1. The summed E-state index contributed by atoms with van der Waals surface area (Å²) in [6.45, 7) is 3.78. The van der Waals surface area contributed by atoms with E-state index in [1.54, 1.807) is 30.3 Å². The lowest BCUT2D eigenvalue weighted by Crippen LogP contribution is -2.17. The van der Waals surface area contributed by atoms with Gasteiger partial charge < -0.3 is 23.9 Å². The molecule has 0 radical (unpaired) electrons. The monoisotopic (exact) mass is 539 g/mol. The normalized spacial score (nSPS) is 11.7. The number of benzene rings is 3. The quantitative estimate of drug-likeness (QED) is 0.257. The number of ether oxygens (including phenoxy) is 3. The SMILES string of the molecule is CC(C)Oc1ccc(-n2c(C(=O)O)c(Cl)c3cc(Oc4ccc(Cl)c(OC(F)(F)F)c4)ccc32)cc1. The van der Waals surface area contributed by atoms with Crippen LogP contribution in [-0.2, 0) is 0 Å². The maximum absolute atomic E-state index is 12.6. The van der Waals surface area contributed by atoms with Crippen molar-refractivity contribution in [2.45, 2.75) is 26.3 Å². The van der Waals surface area contributed by atoms with Crippen molar-refractivity contribution < 1.29 is 37.3 Å². The molecule has 4 aromatic rings. The third-order valence-corrected chi connectivity index (χ3v) is 5.61. The van der Waals surface area contributed by atoms with Crippen molar-refractivity contribution in [2.75, 3.05) is 0 Å². The van der Waals surface area contributed by atoms with Crippen molar-refractivity contribution in [1.82, 2.24) is 4.57 Å². The average molecular weight is 540 g/mol. The van der Waals surface area contributed by atoms with Crippen molar-refractivity contribution in [2.24, 2.45) is 0 Å². The predicted molar refractivity (Wildman–Crippen MR) is 129 cm³/mol. The molecular formula is C25H18Cl2F3NO5. The molecule has 0 saturated heterocycles.